The molecule has 0 unspecified atom stereocenters. The van der Waals surface area contributed by atoms with Crippen molar-refractivity contribution in [1.29, 1.82) is 0 Å². The molecule has 3 heteroatoms. The largest absolute Gasteiger partial charge is 0.208 e. The lowest BCUT2D eigenvalue weighted by molar-refractivity contribution is 0.769. The summed E-state index contributed by atoms with van der Waals surface area (Å²) in [6.07, 6.45) is 0. The van der Waals surface area contributed by atoms with Gasteiger partial charge in [-0.3, -0.25) is 0 Å². The molecule has 1 aromatic heterocycles. The first-order chi connectivity index (χ1) is 32.2. The van der Waals surface area contributed by atoms with Gasteiger partial charge >= 0.3 is 0 Å². The fourth-order valence-electron chi connectivity index (χ4n) is 10.0. The van der Waals surface area contributed by atoms with Crippen LogP contribution in [0.5, 0.6) is 0 Å². The average molecular weight is 828 g/mol. The minimum absolute atomic E-state index is 0.621. The highest BCUT2D eigenvalue weighted by molar-refractivity contribution is 5.99. The molecule has 0 amide bonds. The van der Waals surface area contributed by atoms with Gasteiger partial charge in [0.1, 0.15) is 0 Å². The number of aromatic nitrogens is 3. The van der Waals surface area contributed by atoms with Gasteiger partial charge in [-0.1, -0.05) is 237 Å². The zero-order valence-electron chi connectivity index (χ0n) is 35.5. The summed E-state index contributed by atoms with van der Waals surface area (Å²) in [5.41, 5.74) is 16.2. The van der Waals surface area contributed by atoms with Crippen molar-refractivity contribution in [2.24, 2.45) is 0 Å². The summed E-state index contributed by atoms with van der Waals surface area (Å²) < 4.78 is 0. The van der Waals surface area contributed by atoms with Crippen LogP contribution in [0.3, 0.4) is 0 Å². The van der Waals surface area contributed by atoms with E-state index in [1.165, 1.54) is 49.7 Å². The highest BCUT2D eigenvalue weighted by Gasteiger charge is 2.47. The smallest absolute Gasteiger partial charge is 0.164 e. The minimum Gasteiger partial charge on any atom is -0.208 e. The number of rotatable bonds is 8. The Morgan fingerprint density at radius 2 is 0.708 bits per heavy atom. The van der Waals surface area contributed by atoms with Crippen molar-refractivity contribution < 1.29 is 0 Å². The molecule has 0 aliphatic heterocycles. The summed E-state index contributed by atoms with van der Waals surface area (Å²) in [5, 5.41) is 2.47. The molecular weight excluding hydrogens is 787 g/mol. The predicted octanol–water partition coefficient (Wildman–Crippen LogP) is 15.4. The predicted molar refractivity (Wildman–Crippen MR) is 267 cm³/mol. The molecule has 0 spiro atoms. The molecule has 0 atom stereocenters. The van der Waals surface area contributed by atoms with Crippen LogP contribution < -0.4 is 0 Å². The Morgan fingerprint density at radius 3 is 1.37 bits per heavy atom. The second-order valence-corrected chi connectivity index (χ2v) is 16.7. The molecule has 1 heterocycles. The topological polar surface area (TPSA) is 38.7 Å². The number of hydrogen-bond acceptors (Lipinski definition) is 3. The van der Waals surface area contributed by atoms with Gasteiger partial charge < -0.3 is 0 Å². The van der Waals surface area contributed by atoms with Crippen LogP contribution in [0.1, 0.15) is 22.3 Å². The van der Waals surface area contributed by atoms with E-state index in [0.29, 0.717) is 17.5 Å². The van der Waals surface area contributed by atoms with Crippen LogP contribution in [-0.4, -0.2) is 15.0 Å². The van der Waals surface area contributed by atoms with Crippen LogP contribution in [0.25, 0.3) is 89.4 Å². The molecule has 304 valence electrons. The molecular formula is C62H41N3. The SMILES string of the molecule is c1ccc(-c2ccc(-c3nc(-c4ccccc4)nc(-c4cc(-c5ccc(-c6cccc7ccccc67)cc5)cc5c4-c4ccccc4C5(c4ccccc4)c4ccccc4)n3)cc2)cc1. The van der Waals surface area contributed by atoms with Gasteiger partial charge in [-0.05, 0) is 89.7 Å². The zero-order valence-corrected chi connectivity index (χ0v) is 35.5. The van der Waals surface area contributed by atoms with Crippen LogP contribution in [0.4, 0.5) is 0 Å². The van der Waals surface area contributed by atoms with E-state index in [-0.39, 0.29) is 0 Å². The summed E-state index contributed by atoms with van der Waals surface area (Å²) >= 11 is 0. The Hall–Kier alpha value is -8.53. The van der Waals surface area contributed by atoms with E-state index in [9.17, 15) is 0 Å². The van der Waals surface area contributed by atoms with Crippen LogP contribution in [0, 0.1) is 0 Å². The fourth-order valence-corrected chi connectivity index (χ4v) is 10.0. The highest BCUT2D eigenvalue weighted by Crippen LogP contribution is 2.59. The van der Waals surface area contributed by atoms with Crippen molar-refractivity contribution in [3.05, 3.63) is 271 Å². The Bertz CT molecular complexity index is 3450. The van der Waals surface area contributed by atoms with Crippen LogP contribution in [0.15, 0.2) is 249 Å². The lowest BCUT2D eigenvalue weighted by Gasteiger charge is -2.34. The normalized spacial score (nSPS) is 12.4. The average Bonchev–Trinajstić information content (AvgIpc) is 3.70. The molecule has 0 saturated carbocycles. The van der Waals surface area contributed by atoms with Gasteiger partial charge in [0.2, 0.25) is 0 Å². The Labute approximate surface area is 379 Å². The van der Waals surface area contributed by atoms with Crippen molar-refractivity contribution in [3.63, 3.8) is 0 Å². The lowest BCUT2D eigenvalue weighted by Crippen LogP contribution is -2.28. The molecule has 0 fully saturated rings. The van der Waals surface area contributed by atoms with E-state index in [2.05, 4.69) is 224 Å². The molecule has 0 N–H and O–H groups in total. The number of hydrogen-bond donors (Lipinski definition) is 0. The van der Waals surface area contributed by atoms with E-state index in [1.807, 2.05) is 24.3 Å². The molecule has 3 nitrogen and oxygen atoms in total. The van der Waals surface area contributed by atoms with E-state index < -0.39 is 5.41 Å². The second kappa shape index (κ2) is 16.0. The quantitative estimate of drug-likeness (QED) is 0.153. The summed E-state index contributed by atoms with van der Waals surface area (Å²) in [5.74, 6) is 1.87. The van der Waals surface area contributed by atoms with Crippen LogP contribution >= 0.6 is 0 Å². The first-order valence-corrected chi connectivity index (χ1v) is 22.2. The van der Waals surface area contributed by atoms with Gasteiger partial charge in [-0.25, -0.2) is 15.0 Å². The standard InChI is InChI=1S/C62H41N3/c1-5-18-42(19-6-1)43-34-38-48(39-35-43)60-63-59(47-21-7-2-8-22-47)64-61(65-60)55-40-49(44-32-36-46(37-33-44)53-30-17-23-45-20-13-14-28-52(45)53)41-57-58(55)54-29-15-16-31-56(54)62(57,50-24-9-3-10-25-50)51-26-11-4-12-27-51/h1-41H. The summed E-state index contributed by atoms with van der Waals surface area (Å²) in [6, 6.07) is 89.0. The Balaban J connectivity index is 1.13. The monoisotopic (exact) mass is 827 g/mol. The second-order valence-electron chi connectivity index (χ2n) is 16.7. The minimum atomic E-state index is -0.631. The van der Waals surface area contributed by atoms with Crippen molar-refractivity contribution in [3.8, 4) is 78.7 Å². The van der Waals surface area contributed by atoms with Crippen molar-refractivity contribution in [2.75, 3.05) is 0 Å². The van der Waals surface area contributed by atoms with Gasteiger partial charge in [0.15, 0.2) is 17.5 Å². The Kier molecular flexibility index (Phi) is 9.39. The first kappa shape index (κ1) is 38.2. The summed E-state index contributed by atoms with van der Waals surface area (Å²) in [7, 11) is 0. The number of nitrogens with zero attached hydrogens (tertiary/aromatic N) is 3. The fraction of sp³-hybridized carbons (Fsp3) is 0.0161. The maximum atomic E-state index is 5.44. The zero-order chi connectivity index (χ0) is 43.2. The molecule has 0 saturated heterocycles. The van der Waals surface area contributed by atoms with Crippen LogP contribution in [0.2, 0.25) is 0 Å². The van der Waals surface area contributed by atoms with Crippen molar-refractivity contribution in [1.82, 2.24) is 15.0 Å². The third-order valence-corrected chi connectivity index (χ3v) is 13.0. The van der Waals surface area contributed by atoms with Gasteiger partial charge in [-0.2, -0.15) is 0 Å². The lowest BCUT2D eigenvalue weighted by atomic mass is 9.67. The maximum Gasteiger partial charge on any atom is 0.164 e. The Morgan fingerprint density at radius 1 is 0.262 bits per heavy atom. The molecule has 11 aromatic rings. The van der Waals surface area contributed by atoms with Gasteiger partial charge in [-0.15, -0.1) is 0 Å². The highest BCUT2D eigenvalue weighted by atomic mass is 15.0. The van der Waals surface area contributed by atoms with E-state index in [1.54, 1.807) is 0 Å². The van der Waals surface area contributed by atoms with E-state index >= 15 is 0 Å². The number of fused-ring (bicyclic) bond motifs is 4. The maximum absolute atomic E-state index is 5.44. The van der Waals surface area contributed by atoms with E-state index in [0.717, 1.165) is 44.5 Å². The van der Waals surface area contributed by atoms with Gasteiger partial charge in [0.05, 0.1) is 5.41 Å². The van der Waals surface area contributed by atoms with Crippen molar-refractivity contribution in [2.45, 2.75) is 5.41 Å². The number of benzene rings is 10. The molecule has 0 bridgehead atoms. The van der Waals surface area contributed by atoms with Gasteiger partial charge in [0, 0.05) is 16.7 Å². The molecule has 10 aromatic carbocycles. The molecule has 65 heavy (non-hydrogen) atoms. The molecule has 1 aliphatic rings. The summed E-state index contributed by atoms with van der Waals surface area (Å²) in [4.78, 5) is 16.0. The molecule has 1 aliphatic carbocycles. The molecule has 0 radical (unpaired) electrons. The third kappa shape index (κ3) is 6.56. The van der Waals surface area contributed by atoms with Crippen molar-refractivity contribution >= 4 is 10.8 Å². The van der Waals surface area contributed by atoms with Gasteiger partial charge in [0.25, 0.3) is 0 Å². The summed E-state index contributed by atoms with van der Waals surface area (Å²) in [6.45, 7) is 0. The third-order valence-electron chi connectivity index (χ3n) is 13.0. The molecule has 12 rings (SSSR count). The first-order valence-electron chi connectivity index (χ1n) is 22.2. The van der Waals surface area contributed by atoms with Crippen LogP contribution in [-0.2, 0) is 5.41 Å². The van der Waals surface area contributed by atoms with E-state index in [4.69, 9.17) is 15.0 Å².